The minimum atomic E-state index is -0.885. The summed E-state index contributed by atoms with van der Waals surface area (Å²) >= 11 is 12.0. The lowest BCUT2D eigenvalue weighted by molar-refractivity contribution is 0.154. The Kier molecular flexibility index (Phi) is 5.82. The first-order valence-corrected chi connectivity index (χ1v) is 8.79. The first-order valence-electron chi connectivity index (χ1n) is 8.04. The van der Waals surface area contributed by atoms with E-state index in [1.807, 2.05) is 18.2 Å². The number of benzene rings is 1. The average molecular weight is 391 g/mol. The average Bonchev–Trinajstić information content (AvgIpc) is 3.10. The summed E-state index contributed by atoms with van der Waals surface area (Å²) < 4.78 is 0. The van der Waals surface area contributed by atoms with E-state index in [0.29, 0.717) is 41.6 Å². The van der Waals surface area contributed by atoms with Gasteiger partial charge in [0, 0.05) is 31.4 Å². The molecule has 1 unspecified atom stereocenters. The lowest BCUT2D eigenvalue weighted by atomic mass is 10.1. The number of carboxylic acid groups (broad SMARTS) is 1. The van der Waals surface area contributed by atoms with Crippen molar-refractivity contribution < 1.29 is 9.90 Å². The molecule has 1 saturated heterocycles. The highest BCUT2D eigenvalue weighted by Gasteiger charge is 2.25. The summed E-state index contributed by atoms with van der Waals surface area (Å²) in [7, 11) is 0. The van der Waals surface area contributed by atoms with E-state index >= 15 is 0 Å². The maximum Gasteiger partial charge on any atom is 0.407 e. The van der Waals surface area contributed by atoms with E-state index in [2.05, 4.69) is 27.1 Å². The zero-order valence-electron chi connectivity index (χ0n) is 13.7. The first kappa shape index (κ1) is 18.3. The normalized spacial score (nSPS) is 16.1. The Bertz CT molecular complexity index is 879. The molecule has 6 nitrogen and oxygen atoms in total. The standard InChI is InChI=1S/C18H16Cl2N4O2/c19-15-4-2-1-3-13(15)5-6-14-10-22-17(20)23-16(14)21-9-12-7-8-24(11-12)18(25)26/h1-4,10,12H,7-9,11H2,(H,25,26)(H,21,22,23). The summed E-state index contributed by atoms with van der Waals surface area (Å²) in [6, 6.07) is 7.31. The van der Waals surface area contributed by atoms with Crippen LogP contribution in [0, 0.1) is 17.8 Å². The smallest absolute Gasteiger partial charge is 0.407 e. The number of rotatable bonds is 3. The van der Waals surface area contributed by atoms with Gasteiger partial charge >= 0.3 is 6.09 Å². The molecule has 2 aromatic rings. The van der Waals surface area contributed by atoms with Crippen molar-refractivity contribution in [3.8, 4) is 11.8 Å². The van der Waals surface area contributed by atoms with E-state index in [1.165, 1.54) is 4.90 Å². The summed E-state index contributed by atoms with van der Waals surface area (Å²) in [5.74, 6) is 6.76. The highest BCUT2D eigenvalue weighted by Crippen LogP contribution is 2.19. The van der Waals surface area contributed by atoms with Gasteiger partial charge in [-0.15, -0.1) is 0 Å². The Morgan fingerprint density at radius 2 is 2.08 bits per heavy atom. The van der Waals surface area contributed by atoms with Gasteiger partial charge in [0.2, 0.25) is 5.28 Å². The number of aromatic nitrogens is 2. The fourth-order valence-electron chi connectivity index (χ4n) is 2.70. The number of carbonyl (C=O) groups is 1. The van der Waals surface area contributed by atoms with Crippen molar-refractivity contribution >= 4 is 35.1 Å². The van der Waals surface area contributed by atoms with Gasteiger partial charge in [-0.3, -0.25) is 0 Å². The zero-order valence-corrected chi connectivity index (χ0v) is 15.3. The van der Waals surface area contributed by atoms with Gasteiger partial charge in [-0.2, -0.15) is 4.98 Å². The maximum absolute atomic E-state index is 11.0. The summed E-state index contributed by atoms with van der Waals surface area (Å²) in [6.45, 7) is 1.63. The van der Waals surface area contributed by atoms with Crippen LogP contribution >= 0.6 is 23.2 Å². The van der Waals surface area contributed by atoms with E-state index in [9.17, 15) is 4.79 Å². The molecule has 8 heteroatoms. The molecule has 2 heterocycles. The first-order chi connectivity index (χ1) is 12.5. The number of hydrogen-bond acceptors (Lipinski definition) is 4. The van der Waals surface area contributed by atoms with E-state index in [4.69, 9.17) is 28.3 Å². The van der Waals surface area contributed by atoms with E-state index in [-0.39, 0.29) is 11.2 Å². The van der Waals surface area contributed by atoms with Gasteiger partial charge in [0.1, 0.15) is 5.82 Å². The SMILES string of the molecule is O=C(O)N1CCC(CNc2nc(Cl)ncc2C#Cc2ccccc2Cl)C1. The lowest BCUT2D eigenvalue weighted by Gasteiger charge is -2.14. The maximum atomic E-state index is 11.0. The van der Waals surface area contributed by atoms with Crippen LogP contribution in [0.5, 0.6) is 0 Å². The molecule has 2 N–H and O–H groups in total. The molecule has 26 heavy (non-hydrogen) atoms. The molecule has 134 valence electrons. The van der Waals surface area contributed by atoms with Gasteiger partial charge in [-0.05, 0) is 36.1 Å². The monoisotopic (exact) mass is 390 g/mol. The van der Waals surface area contributed by atoms with Crippen molar-refractivity contribution in [1.29, 1.82) is 0 Å². The van der Waals surface area contributed by atoms with Crippen molar-refractivity contribution in [1.82, 2.24) is 14.9 Å². The van der Waals surface area contributed by atoms with Crippen LogP contribution in [0.3, 0.4) is 0 Å². The molecule has 1 aliphatic rings. The fraction of sp³-hybridized carbons (Fsp3) is 0.278. The van der Waals surface area contributed by atoms with Crippen molar-refractivity contribution in [2.24, 2.45) is 5.92 Å². The second-order valence-electron chi connectivity index (χ2n) is 5.90. The van der Waals surface area contributed by atoms with Crippen molar-refractivity contribution in [2.75, 3.05) is 25.0 Å². The number of nitrogens with one attached hydrogen (secondary N) is 1. The minimum absolute atomic E-state index is 0.120. The largest absolute Gasteiger partial charge is 0.465 e. The number of anilines is 1. The Balaban J connectivity index is 1.73. The van der Waals surface area contributed by atoms with Crippen LogP contribution in [-0.4, -0.2) is 45.7 Å². The van der Waals surface area contributed by atoms with E-state index in [1.54, 1.807) is 12.3 Å². The molecule has 1 amide bonds. The Morgan fingerprint density at radius 1 is 1.31 bits per heavy atom. The molecule has 0 bridgehead atoms. The van der Waals surface area contributed by atoms with Crippen LogP contribution in [0.2, 0.25) is 10.3 Å². The molecule has 0 aliphatic carbocycles. The summed E-state index contributed by atoms with van der Waals surface area (Å²) in [5, 5.41) is 12.9. The number of nitrogens with zero attached hydrogens (tertiary/aromatic N) is 3. The Hall–Kier alpha value is -2.49. The van der Waals surface area contributed by atoms with Crippen LogP contribution < -0.4 is 5.32 Å². The second-order valence-corrected chi connectivity index (χ2v) is 6.64. The predicted molar refractivity (Wildman–Crippen MR) is 101 cm³/mol. The Morgan fingerprint density at radius 3 is 2.81 bits per heavy atom. The highest BCUT2D eigenvalue weighted by molar-refractivity contribution is 6.31. The summed E-state index contributed by atoms with van der Waals surface area (Å²) in [5.41, 5.74) is 1.31. The van der Waals surface area contributed by atoms with E-state index < -0.39 is 6.09 Å². The van der Waals surface area contributed by atoms with Crippen LogP contribution in [0.1, 0.15) is 17.5 Å². The molecule has 0 saturated carbocycles. The van der Waals surface area contributed by atoms with Crippen LogP contribution in [0.4, 0.5) is 10.6 Å². The quantitative estimate of drug-likeness (QED) is 0.618. The molecule has 0 radical (unpaired) electrons. The molecule has 1 aliphatic heterocycles. The van der Waals surface area contributed by atoms with Gasteiger partial charge in [0.15, 0.2) is 0 Å². The number of amides is 1. The molecular formula is C18H16Cl2N4O2. The molecule has 0 spiro atoms. The molecule has 1 atom stereocenters. The third-order valence-corrected chi connectivity index (χ3v) is 4.59. The zero-order chi connectivity index (χ0) is 18.5. The lowest BCUT2D eigenvalue weighted by Crippen LogP contribution is -2.28. The number of likely N-dealkylation sites (tertiary alicyclic amines) is 1. The topological polar surface area (TPSA) is 78.4 Å². The summed E-state index contributed by atoms with van der Waals surface area (Å²) in [6.07, 6.45) is 1.47. The predicted octanol–water partition coefficient (Wildman–Crippen LogP) is 3.60. The Labute approximate surface area is 161 Å². The second kappa shape index (κ2) is 8.26. The highest BCUT2D eigenvalue weighted by atomic mass is 35.5. The van der Waals surface area contributed by atoms with Crippen LogP contribution in [0.15, 0.2) is 30.5 Å². The number of hydrogen-bond donors (Lipinski definition) is 2. The van der Waals surface area contributed by atoms with Gasteiger partial charge in [0.05, 0.1) is 10.6 Å². The third kappa shape index (κ3) is 4.57. The van der Waals surface area contributed by atoms with Crippen LogP contribution in [0.25, 0.3) is 0 Å². The van der Waals surface area contributed by atoms with Crippen molar-refractivity contribution in [3.63, 3.8) is 0 Å². The van der Waals surface area contributed by atoms with Gasteiger partial charge in [-0.1, -0.05) is 35.6 Å². The fourth-order valence-corrected chi connectivity index (χ4v) is 3.01. The van der Waals surface area contributed by atoms with Crippen LogP contribution in [-0.2, 0) is 0 Å². The van der Waals surface area contributed by atoms with Crippen molar-refractivity contribution in [3.05, 3.63) is 51.9 Å². The van der Waals surface area contributed by atoms with Gasteiger partial charge in [0.25, 0.3) is 0 Å². The van der Waals surface area contributed by atoms with Crippen molar-refractivity contribution in [2.45, 2.75) is 6.42 Å². The van der Waals surface area contributed by atoms with Gasteiger partial charge in [-0.25, -0.2) is 9.78 Å². The molecule has 1 aromatic carbocycles. The molecular weight excluding hydrogens is 375 g/mol. The third-order valence-electron chi connectivity index (χ3n) is 4.08. The minimum Gasteiger partial charge on any atom is -0.465 e. The summed E-state index contributed by atoms with van der Waals surface area (Å²) in [4.78, 5) is 20.6. The number of halogens is 2. The molecule has 1 fully saturated rings. The molecule has 3 rings (SSSR count). The van der Waals surface area contributed by atoms with Gasteiger partial charge < -0.3 is 15.3 Å². The van der Waals surface area contributed by atoms with E-state index in [0.717, 1.165) is 6.42 Å². The molecule has 1 aromatic heterocycles.